The number of amides is 1. The molecule has 2 heterocycles. The summed E-state index contributed by atoms with van der Waals surface area (Å²) in [6.07, 6.45) is -0.620. The lowest BCUT2D eigenvalue weighted by Crippen LogP contribution is -2.23. The van der Waals surface area contributed by atoms with E-state index < -0.39 is 18.3 Å². The van der Waals surface area contributed by atoms with Gasteiger partial charge in [-0.1, -0.05) is 46.9 Å². The molecule has 2 aromatic heterocycles. The number of nitrogens with zero attached hydrogens (tertiary/aromatic N) is 5. The van der Waals surface area contributed by atoms with Gasteiger partial charge in [0.15, 0.2) is 5.69 Å². The first-order chi connectivity index (χ1) is 12.6. The van der Waals surface area contributed by atoms with Crippen molar-refractivity contribution in [1.29, 1.82) is 0 Å². The first-order valence-electron chi connectivity index (χ1n) is 7.98. The Hall–Kier alpha value is -2.75. The van der Waals surface area contributed by atoms with E-state index in [-0.39, 0.29) is 18.3 Å². The lowest BCUT2D eigenvalue weighted by Gasteiger charge is -1.99. The lowest BCUT2D eigenvalue weighted by molar-refractivity contribution is 0.0945. The maximum atomic E-state index is 12.6. The number of carbonyl (C=O) groups excluding carboxylic acids is 1. The third-order valence-corrected chi connectivity index (χ3v) is 5.07. The van der Waals surface area contributed by atoms with E-state index in [2.05, 4.69) is 25.8 Å². The summed E-state index contributed by atoms with van der Waals surface area (Å²) in [6.45, 7) is 0.208. The number of halogens is 2. The minimum absolute atomic E-state index is 0.0951. The van der Waals surface area contributed by atoms with Crippen molar-refractivity contribution >= 4 is 17.2 Å². The molecule has 134 valence electrons. The van der Waals surface area contributed by atoms with Gasteiger partial charge in [0.2, 0.25) is 6.43 Å². The second-order valence-electron chi connectivity index (χ2n) is 5.93. The largest absolute Gasteiger partial charge is 0.344 e. The highest BCUT2D eigenvalue weighted by molar-refractivity contribution is 7.14. The molecular formula is C16H14F2N6OS. The quantitative estimate of drug-likeness (QED) is 0.715. The van der Waals surface area contributed by atoms with E-state index in [9.17, 15) is 13.6 Å². The maximum absolute atomic E-state index is 12.6. The van der Waals surface area contributed by atoms with Gasteiger partial charge >= 0.3 is 0 Å². The zero-order valence-electron chi connectivity index (χ0n) is 13.4. The van der Waals surface area contributed by atoms with E-state index in [4.69, 9.17) is 0 Å². The Kier molecular flexibility index (Phi) is 4.41. The first kappa shape index (κ1) is 16.7. The number of aromatic nitrogens is 5. The maximum Gasteiger partial charge on any atom is 0.273 e. The van der Waals surface area contributed by atoms with Crippen molar-refractivity contribution in [2.45, 2.75) is 25.4 Å². The van der Waals surface area contributed by atoms with Crippen LogP contribution in [0.15, 0.2) is 36.5 Å². The molecule has 7 nitrogen and oxygen atoms in total. The molecule has 1 amide bonds. The second kappa shape index (κ2) is 6.87. The Morgan fingerprint density at radius 2 is 2.08 bits per heavy atom. The Morgan fingerprint density at radius 3 is 2.81 bits per heavy atom. The summed E-state index contributed by atoms with van der Waals surface area (Å²) in [7, 11) is 0. The third kappa shape index (κ3) is 3.45. The number of nitrogens with one attached hydrogen (secondary N) is 1. The third-order valence-electron chi connectivity index (χ3n) is 4.10. The first-order valence-corrected chi connectivity index (χ1v) is 8.79. The van der Waals surface area contributed by atoms with Crippen molar-refractivity contribution in [3.05, 3.63) is 47.2 Å². The molecule has 2 atom stereocenters. The fourth-order valence-electron chi connectivity index (χ4n) is 2.59. The van der Waals surface area contributed by atoms with Crippen LogP contribution in [0.4, 0.5) is 8.78 Å². The van der Waals surface area contributed by atoms with Crippen LogP contribution < -0.4 is 5.32 Å². The van der Waals surface area contributed by atoms with E-state index >= 15 is 0 Å². The van der Waals surface area contributed by atoms with Gasteiger partial charge < -0.3 is 5.32 Å². The topological polar surface area (TPSA) is 85.6 Å². The van der Waals surface area contributed by atoms with Gasteiger partial charge in [0.05, 0.1) is 18.8 Å². The van der Waals surface area contributed by atoms with Crippen LogP contribution in [0.5, 0.6) is 0 Å². The van der Waals surface area contributed by atoms with Gasteiger partial charge in [-0.2, -0.15) is 0 Å². The zero-order valence-corrected chi connectivity index (χ0v) is 14.2. The molecule has 10 heteroatoms. The predicted molar refractivity (Wildman–Crippen MR) is 89.7 cm³/mol. The molecule has 4 rings (SSSR count). The molecule has 3 aromatic rings. The van der Waals surface area contributed by atoms with E-state index in [1.165, 1.54) is 22.2 Å². The second-order valence-corrected chi connectivity index (χ2v) is 7.00. The normalized spacial score (nSPS) is 18.9. The summed E-state index contributed by atoms with van der Waals surface area (Å²) in [5.74, 6) is -1.13. The van der Waals surface area contributed by atoms with Crippen molar-refractivity contribution in [3.8, 4) is 10.6 Å². The molecule has 1 unspecified atom stereocenters. The van der Waals surface area contributed by atoms with Gasteiger partial charge in [0.1, 0.15) is 10.0 Å². The van der Waals surface area contributed by atoms with Crippen LogP contribution in [0, 0.1) is 5.92 Å². The highest BCUT2D eigenvalue weighted by atomic mass is 32.1. The number of benzene rings is 1. The minimum atomic E-state index is -2.38. The summed E-state index contributed by atoms with van der Waals surface area (Å²) >= 11 is 1.39. The Labute approximate surface area is 151 Å². The van der Waals surface area contributed by atoms with Gasteiger partial charge in [-0.05, 0) is 6.42 Å². The van der Waals surface area contributed by atoms with Gasteiger partial charge in [-0.3, -0.25) is 4.79 Å². The molecule has 1 fully saturated rings. The monoisotopic (exact) mass is 376 g/mol. The number of rotatable bonds is 6. The van der Waals surface area contributed by atoms with Crippen LogP contribution in [0.1, 0.15) is 28.0 Å². The number of hydrogen-bond acceptors (Lipinski definition) is 6. The van der Waals surface area contributed by atoms with Crippen molar-refractivity contribution in [3.63, 3.8) is 0 Å². The zero-order chi connectivity index (χ0) is 18.1. The smallest absolute Gasteiger partial charge is 0.273 e. The molecule has 0 saturated heterocycles. The number of carbonyl (C=O) groups is 1. The fourth-order valence-corrected chi connectivity index (χ4v) is 3.37. The highest BCUT2D eigenvalue weighted by Gasteiger charge is 2.46. The van der Waals surface area contributed by atoms with Gasteiger partial charge in [0.25, 0.3) is 5.91 Å². The van der Waals surface area contributed by atoms with Crippen molar-refractivity contribution in [1.82, 2.24) is 30.5 Å². The van der Waals surface area contributed by atoms with Gasteiger partial charge in [-0.25, -0.2) is 13.5 Å². The molecule has 26 heavy (non-hydrogen) atoms. The molecule has 0 aliphatic heterocycles. The van der Waals surface area contributed by atoms with Crippen molar-refractivity contribution < 1.29 is 13.6 Å². The minimum Gasteiger partial charge on any atom is -0.344 e. The van der Waals surface area contributed by atoms with Crippen LogP contribution in [0.3, 0.4) is 0 Å². The van der Waals surface area contributed by atoms with Crippen LogP contribution in [-0.2, 0) is 6.54 Å². The predicted octanol–water partition coefficient (Wildman–Crippen LogP) is 2.55. The molecule has 1 aliphatic rings. The average Bonchev–Trinajstić information content (AvgIpc) is 3.08. The van der Waals surface area contributed by atoms with Crippen LogP contribution in [-0.4, -0.2) is 37.5 Å². The molecular weight excluding hydrogens is 362 g/mol. The Morgan fingerprint density at radius 1 is 1.27 bits per heavy atom. The van der Waals surface area contributed by atoms with Crippen molar-refractivity contribution in [2.75, 3.05) is 0 Å². The Bertz CT molecular complexity index is 912. The van der Waals surface area contributed by atoms with E-state index in [1.807, 2.05) is 30.3 Å². The van der Waals surface area contributed by atoms with Gasteiger partial charge in [0, 0.05) is 11.5 Å². The number of alkyl halides is 2. The SMILES string of the molecule is O=C(NCc1nnc(-c2ccccc2)s1)c1cn([C@@H]2CC2C(F)F)nn1. The average molecular weight is 376 g/mol. The van der Waals surface area contributed by atoms with E-state index in [0.717, 1.165) is 10.6 Å². The lowest BCUT2D eigenvalue weighted by atomic mass is 10.2. The molecule has 0 radical (unpaired) electrons. The fraction of sp³-hybridized carbons (Fsp3) is 0.312. The number of hydrogen-bond donors (Lipinski definition) is 1. The summed E-state index contributed by atoms with van der Waals surface area (Å²) < 4.78 is 26.5. The van der Waals surface area contributed by atoms with Crippen molar-refractivity contribution in [2.24, 2.45) is 5.92 Å². The summed E-state index contributed by atoms with van der Waals surface area (Å²) in [5, 5.41) is 19.8. The molecule has 1 N–H and O–H groups in total. The molecule has 1 saturated carbocycles. The summed E-state index contributed by atoms with van der Waals surface area (Å²) in [6, 6.07) is 9.25. The molecule has 1 aromatic carbocycles. The van der Waals surface area contributed by atoms with Crippen LogP contribution in [0.2, 0.25) is 0 Å². The standard InChI is InChI=1S/C16H14F2N6OS/c17-14(18)10-6-12(10)24-8-11(20-23-24)15(25)19-7-13-21-22-16(26-13)9-4-2-1-3-5-9/h1-5,8,10,12,14H,6-7H2,(H,19,25)/t10?,12-/m1/s1. The van der Waals surface area contributed by atoms with E-state index in [1.54, 1.807) is 0 Å². The van der Waals surface area contributed by atoms with Crippen LogP contribution >= 0.6 is 11.3 Å². The molecule has 1 aliphatic carbocycles. The Balaban J connectivity index is 1.35. The molecule has 0 spiro atoms. The summed E-state index contributed by atoms with van der Waals surface area (Å²) in [5.41, 5.74) is 1.06. The summed E-state index contributed by atoms with van der Waals surface area (Å²) in [4.78, 5) is 12.1. The molecule has 0 bridgehead atoms. The van der Waals surface area contributed by atoms with E-state index in [0.29, 0.717) is 11.4 Å². The highest BCUT2D eigenvalue weighted by Crippen LogP contribution is 2.46. The van der Waals surface area contributed by atoms with Gasteiger partial charge in [-0.15, -0.1) is 15.3 Å². The van der Waals surface area contributed by atoms with Crippen LogP contribution in [0.25, 0.3) is 10.6 Å².